The summed E-state index contributed by atoms with van der Waals surface area (Å²) in [5, 5.41) is 2.30. The molecule has 0 bridgehead atoms. The van der Waals surface area contributed by atoms with Gasteiger partial charge < -0.3 is 14.5 Å². The minimum absolute atomic E-state index is 0.0567. The van der Waals surface area contributed by atoms with Gasteiger partial charge >= 0.3 is 0 Å². The third kappa shape index (κ3) is 8.03. The zero-order chi connectivity index (χ0) is 54.9. The second-order valence-corrected chi connectivity index (χ2v) is 22.7. The summed E-state index contributed by atoms with van der Waals surface area (Å²) in [5.41, 5.74) is 21.6. The highest BCUT2D eigenvalue weighted by Crippen LogP contribution is 2.59. The number of benzene rings is 11. The largest absolute Gasteiger partial charge is 0.457 e. The van der Waals surface area contributed by atoms with Crippen LogP contribution in [-0.2, 0) is 10.8 Å². The summed E-state index contributed by atoms with van der Waals surface area (Å²) in [4.78, 5) is 9.98. The van der Waals surface area contributed by atoms with Crippen LogP contribution in [0.15, 0.2) is 285 Å². The molecule has 0 unspecified atom stereocenters. The Morgan fingerprint density at radius 1 is 0.402 bits per heavy atom. The third-order valence-electron chi connectivity index (χ3n) is 16.9. The fourth-order valence-electron chi connectivity index (χ4n) is 13.1. The van der Waals surface area contributed by atoms with E-state index in [-0.39, 0.29) is 5.41 Å². The molecule has 0 N–H and O–H groups in total. The van der Waals surface area contributed by atoms with Gasteiger partial charge in [0.2, 0.25) is 0 Å². The molecule has 5 nitrogen and oxygen atoms in total. The molecular formula is C77H58N4O. The number of para-hydroxylation sites is 2. The van der Waals surface area contributed by atoms with E-state index in [1.165, 1.54) is 44.5 Å². The lowest BCUT2D eigenvalue weighted by Gasteiger charge is -2.36. The average Bonchev–Trinajstić information content (AvgIpc) is 1.99. The molecule has 392 valence electrons. The molecule has 11 aromatic carbocycles. The van der Waals surface area contributed by atoms with Gasteiger partial charge in [0, 0.05) is 45.9 Å². The molecule has 2 aromatic heterocycles. The predicted octanol–water partition coefficient (Wildman–Crippen LogP) is 19.9. The van der Waals surface area contributed by atoms with Crippen molar-refractivity contribution in [3.8, 4) is 61.8 Å². The van der Waals surface area contributed by atoms with Crippen LogP contribution in [0.4, 0.5) is 22.7 Å². The second-order valence-electron chi connectivity index (χ2n) is 22.7. The van der Waals surface area contributed by atoms with Gasteiger partial charge in [-0.2, -0.15) is 0 Å². The molecule has 1 aliphatic heterocycles. The Morgan fingerprint density at radius 2 is 0.939 bits per heavy atom. The van der Waals surface area contributed by atoms with Gasteiger partial charge in [0.05, 0.1) is 33.5 Å². The number of hydrogen-bond acceptors (Lipinski definition) is 4. The molecule has 15 rings (SSSR count). The van der Waals surface area contributed by atoms with E-state index in [0.717, 1.165) is 89.7 Å². The van der Waals surface area contributed by atoms with Crippen molar-refractivity contribution in [1.82, 2.24) is 9.55 Å². The van der Waals surface area contributed by atoms with E-state index in [1.807, 2.05) is 6.20 Å². The van der Waals surface area contributed by atoms with Crippen LogP contribution >= 0.6 is 0 Å². The molecule has 2 aliphatic rings. The molecule has 82 heavy (non-hydrogen) atoms. The van der Waals surface area contributed by atoms with Crippen molar-refractivity contribution in [2.24, 2.45) is 0 Å². The summed E-state index contributed by atoms with van der Waals surface area (Å²) in [6.45, 7) is 7.32. The lowest BCUT2D eigenvalue weighted by molar-refractivity contribution is 0.483. The SMILES string of the molecule is CC(C)(C)c1ccnc(-n2c3cc(Oc4cccc(N5CN(c6c(-c7ccccc7)cc(C7(c8ccccc8)c8ccccc8-c8ccccc87)cc6-c6ccccc6)c6ccccc65)c4)ccc3c3ccc(-c4ccccc4)cc32)c1. The van der Waals surface area contributed by atoms with Crippen molar-refractivity contribution >= 4 is 44.6 Å². The fourth-order valence-corrected chi connectivity index (χ4v) is 13.1. The molecule has 0 saturated heterocycles. The normalized spacial score (nSPS) is 13.3. The highest BCUT2D eigenvalue weighted by molar-refractivity contribution is 6.10. The monoisotopic (exact) mass is 1050 g/mol. The topological polar surface area (TPSA) is 33.5 Å². The van der Waals surface area contributed by atoms with Crippen molar-refractivity contribution in [1.29, 1.82) is 0 Å². The number of rotatable bonds is 10. The van der Waals surface area contributed by atoms with E-state index >= 15 is 0 Å². The lowest BCUT2D eigenvalue weighted by atomic mass is 9.66. The molecule has 13 aromatic rings. The van der Waals surface area contributed by atoms with Crippen LogP contribution in [0, 0.1) is 0 Å². The molecule has 5 heteroatoms. The van der Waals surface area contributed by atoms with Gasteiger partial charge in [0.25, 0.3) is 0 Å². The van der Waals surface area contributed by atoms with Gasteiger partial charge in [-0.25, -0.2) is 4.98 Å². The Bertz CT molecular complexity index is 4460. The molecule has 0 amide bonds. The Hall–Kier alpha value is -10.2. The van der Waals surface area contributed by atoms with Crippen LogP contribution in [0.3, 0.4) is 0 Å². The summed E-state index contributed by atoms with van der Waals surface area (Å²) < 4.78 is 9.29. The summed E-state index contributed by atoms with van der Waals surface area (Å²) in [5.74, 6) is 2.37. The molecule has 0 atom stereocenters. The predicted molar refractivity (Wildman–Crippen MR) is 339 cm³/mol. The maximum absolute atomic E-state index is 6.98. The number of ether oxygens (including phenoxy) is 1. The minimum atomic E-state index is -0.601. The summed E-state index contributed by atoms with van der Waals surface area (Å²) in [6, 6.07) is 102. The van der Waals surface area contributed by atoms with Gasteiger partial charge in [-0.1, -0.05) is 221 Å². The number of hydrogen-bond donors (Lipinski definition) is 0. The van der Waals surface area contributed by atoms with E-state index in [1.54, 1.807) is 0 Å². The first-order valence-corrected chi connectivity index (χ1v) is 28.4. The smallest absolute Gasteiger partial charge is 0.137 e. The van der Waals surface area contributed by atoms with Crippen LogP contribution in [0.2, 0.25) is 0 Å². The van der Waals surface area contributed by atoms with Gasteiger partial charge in [-0.05, 0) is 133 Å². The molecule has 0 spiro atoms. The second kappa shape index (κ2) is 19.5. The van der Waals surface area contributed by atoms with Gasteiger partial charge in [-0.15, -0.1) is 0 Å². The van der Waals surface area contributed by atoms with Crippen molar-refractivity contribution in [2.45, 2.75) is 31.6 Å². The fraction of sp³-hybridized carbons (Fsp3) is 0.0779. The van der Waals surface area contributed by atoms with Crippen LogP contribution < -0.4 is 14.5 Å². The van der Waals surface area contributed by atoms with E-state index in [4.69, 9.17) is 9.72 Å². The summed E-state index contributed by atoms with van der Waals surface area (Å²) in [6.07, 6.45) is 1.94. The van der Waals surface area contributed by atoms with Crippen LogP contribution in [0.5, 0.6) is 11.5 Å². The maximum Gasteiger partial charge on any atom is 0.137 e. The Labute approximate surface area is 479 Å². The van der Waals surface area contributed by atoms with Gasteiger partial charge in [-0.3, -0.25) is 4.57 Å². The molecule has 0 radical (unpaired) electrons. The first-order chi connectivity index (χ1) is 40.3. The van der Waals surface area contributed by atoms with E-state index in [9.17, 15) is 0 Å². The number of pyridine rings is 1. The van der Waals surface area contributed by atoms with Gasteiger partial charge in [0.15, 0.2) is 0 Å². The Balaban J connectivity index is 0.861. The third-order valence-corrected chi connectivity index (χ3v) is 16.9. The van der Waals surface area contributed by atoms with Crippen LogP contribution in [0.1, 0.15) is 48.6 Å². The van der Waals surface area contributed by atoms with Crippen LogP contribution in [-0.4, -0.2) is 16.2 Å². The standard InChI is InChI=1S/C77H58N4O/c1-76(2,3)57-43-44-78-74(48-57)81-72-45-55(52-23-8-4-9-24-52)39-41-64(72)65-42-40-61(50-73(65)81)82-60-32-22-31-59(49-60)79-51-80(71-38-21-20-37-70(71)79)75-66(53-25-10-5-11-26-53)46-58(47-67(75)54-27-12-6-13-28-54)77(56-29-14-7-15-30-56)68-35-18-16-33-62(68)63-34-17-19-36-69(63)77/h4-50H,51H2,1-3H3. The molecular weight excluding hydrogens is 997 g/mol. The van der Waals surface area contributed by atoms with E-state index in [2.05, 4.69) is 314 Å². The quantitative estimate of drug-likeness (QED) is 0.137. The molecule has 0 fully saturated rings. The highest BCUT2D eigenvalue weighted by Gasteiger charge is 2.47. The van der Waals surface area contributed by atoms with Gasteiger partial charge in [0.1, 0.15) is 24.0 Å². The van der Waals surface area contributed by atoms with Crippen molar-refractivity contribution in [3.05, 3.63) is 313 Å². The first kappa shape index (κ1) is 48.9. The lowest BCUT2D eigenvalue weighted by Crippen LogP contribution is -2.29. The maximum atomic E-state index is 6.98. The number of fused-ring (bicyclic) bond motifs is 7. The summed E-state index contributed by atoms with van der Waals surface area (Å²) >= 11 is 0. The Kier molecular flexibility index (Phi) is 11.6. The van der Waals surface area contributed by atoms with Crippen molar-refractivity contribution < 1.29 is 4.74 Å². The van der Waals surface area contributed by atoms with E-state index in [0.29, 0.717) is 6.67 Å². The molecule has 1 aliphatic carbocycles. The van der Waals surface area contributed by atoms with Crippen molar-refractivity contribution in [2.75, 3.05) is 16.5 Å². The van der Waals surface area contributed by atoms with E-state index < -0.39 is 5.41 Å². The average molecular weight is 1060 g/mol. The van der Waals surface area contributed by atoms with Crippen LogP contribution in [0.25, 0.3) is 72.1 Å². The molecule has 3 heterocycles. The zero-order valence-corrected chi connectivity index (χ0v) is 46.0. The first-order valence-electron chi connectivity index (χ1n) is 28.4. The Morgan fingerprint density at radius 3 is 1.57 bits per heavy atom. The number of aromatic nitrogens is 2. The minimum Gasteiger partial charge on any atom is -0.457 e. The van der Waals surface area contributed by atoms with Crippen molar-refractivity contribution in [3.63, 3.8) is 0 Å². The number of anilines is 4. The zero-order valence-electron chi connectivity index (χ0n) is 46.0. The summed E-state index contributed by atoms with van der Waals surface area (Å²) in [7, 11) is 0. The number of nitrogens with zero attached hydrogens (tertiary/aromatic N) is 4. The molecule has 0 saturated carbocycles. The highest BCUT2D eigenvalue weighted by atomic mass is 16.5.